The zero-order valence-electron chi connectivity index (χ0n) is 19.7. The van der Waals surface area contributed by atoms with Gasteiger partial charge in [0.05, 0.1) is 17.3 Å². The summed E-state index contributed by atoms with van der Waals surface area (Å²) >= 11 is 3.62. The fraction of sp³-hybridized carbons (Fsp3) is 0.435. The quantitative estimate of drug-likeness (QED) is 0.427. The van der Waals surface area contributed by atoms with E-state index in [-0.39, 0.29) is 11.8 Å². The highest BCUT2D eigenvalue weighted by Crippen LogP contribution is 2.29. The van der Waals surface area contributed by atoms with Crippen LogP contribution in [0, 0.1) is 5.92 Å². The van der Waals surface area contributed by atoms with Gasteiger partial charge in [0.1, 0.15) is 6.04 Å². The van der Waals surface area contributed by atoms with Crippen LogP contribution in [0.25, 0.3) is 27.9 Å². The predicted octanol–water partition coefficient (Wildman–Crippen LogP) is 2.65. The summed E-state index contributed by atoms with van der Waals surface area (Å²) in [5.74, 6) is 1.17. The molecule has 1 amide bonds. The number of hydrogen-bond acceptors (Lipinski definition) is 7. The Hall–Kier alpha value is -3.05. The fourth-order valence-corrected chi connectivity index (χ4v) is 4.68. The van der Waals surface area contributed by atoms with Crippen LogP contribution in [0.15, 0.2) is 35.1 Å². The van der Waals surface area contributed by atoms with Crippen LogP contribution in [-0.2, 0) is 11.8 Å². The molecule has 3 aromatic heterocycles. The van der Waals surface area contributed by atoms with Crippen molar-refractivity contribution < 1.29 is 4.79 Å². The number of fused-ring (bicyclic) bond motifs is 3. The number of para-hydroxylation sites is 1. The van der Waals surface area contributed by atoms with E-state index in [1.54, 1.807) is 15.4 Å². The first-order valence-electron chi connectivity index (χ1n) is 11.4. The first-order valence-corrected chi connectivity index (χ1v) is 12.2. The number of likely N-dealkylation sites (N-methyl/N-ethyl adjacent to an activating group) is 1. The summed E-state index contributed by atoms with van der Waals surface area (Å²) in [6.07, 6.45) is 3.61. The second-order valence-electron chi connectivity index (χ2n) is 9.14. The Balaban J connectivity index is 1.60. The molecule has 178 valence electrons. The monoisotopic (exact) mass is 525 g/mol. The third-order valence-electron chi connectivity index (χ3n) is 6.25. The minimum Gasteiger partial charge on any atom is -0.342 e. The van der Waals surface area contributed by atoms with E-state index in [0.29, 0.717) is 17.4 Å². The number of aryl methyl sites for hydroxylation is 1. The molecule has 1 N–H and O–H groups in total. The Morgan fingerprint density at radius 1 is 1.12 bits per heavy atom. The highest BCUT2D eigenvalue weighted by molar-refractivity contribution is 9.10. The summed E-state index contributed by atoms with van der Waals surface area (Å²) in [4.78, 5) is 27.4. The summed E-state index contributed by atoms with van der Waals surface area (Å²) in [6, 6.07) is 5.44. The van der Waals surface area contributed by atoms with Crippen molar-refractivity contribution in [2.75, 3.05) is 38.5 Å². The number of carbonyl (C=O) groups excluding carboxylic acids is 1. The lowest BCUT2D eigenvalue weighted by molar-refractivity contribution is -0.134. The number of rotatable bonds is 5. The summed E-state index contributed by atoms with van der Waals surface area (Å²) in [7, 11) is 3.94. The highest BCUT2D eigenvalue weighted by atomic mass is 79.9. The lowest BCUT2D eigenvalue weighted by atomic mass is 10.0. The van der Waals surface area contributed by atoms with E-state index in [1.165, 1.54) is 0 Å². The second-order valence-corrected chi connectivity index (χ2v) is 9.99. The molecule has 0 bridgehead atoms. The first-order chi connectivity index (χ1) is 16.3. The second kappa shape index (κ2) is 8.95. The van der Waals surface area contributed by atoms with E-state index in [9.17, 15) is 4.79 Å². The number of aromatic nitrogens is 6. The van der Waals surface area contributed by atoms with E-state index in [0.717, 1.165) is 47.1 Å². The van der Waals surface area contributed by atoms with E-state index >= 15 is 0 Å². The number of nitrogens with zero attached hydrogens (tertiary/aromatic N) is 8. The predicted molar refractivity (Wildman–Crippen MR) is 135 cm³/mol. The molecule has 0 saturated carbocycles. The topological polar surface area (TPSA) is 96.5 Å². The van der Waals surface area contributed by atoms with Crippen molar-refractivity contribution in [2.24, 2.45) is 13.0 Å². The van der Waals surface area contributed by atoms with Crippen molar-refractivity contribution in [3.05, 3.63) is 35.1 Å². The number of hydrogen-bond donors (Lipinski definition) is 1. The van der Waals surface area contributed by atoms with Gasteiger partial charge in [-0.15, -0.1) is 5.10 Å². The zero-order chi connectivity index (χ0) is 24.0. The van der Waals surface area contributed by atoms with Gasteiger partial charge in [0.2, 0.25) is 11.9 Å². The van der Waals surface area contributed by atoms with Gasteiger partial charge in [-0.1, -0.05) is 19.9 Å². The largest absolute Gasteiger partial charge is 0.342 e. The normalized spacial score (nSPS) is 16.0. The van der Waals surface area contributed by atoms with Gasteiger partial charge in [0.25, 0.3) is 0 Å². The maximum Gasteiger partial charge on any atom is 0.245 e. The SMILES string of the molecule is CC(C)C(Nc1nc2c(Br)cccc2c2nc(-c3cnn(C)c3)nn12)C(=O)N1CCN(C)CC1. The van der Waals surface area contributed by atoms with Crippen molar-refractivity contribution in [1.82, 2.24) is 39.2 Å². The van der Waals surface area contributed by atoms with Crippen LogP contribution < -0.4 is 5.32 Å². The number of amides is 1. The number of anilines is 1. The number of nitrogens with one attached hydrogen (secondary N) is 1. The summed E-state index contributed by atoms with van der Waals surface area (Å²) in [5.41, 5.74) is 2.24. The third-order valence-corrected chi connectivity index (χ3v) is 6.89. The maximum atomic E-state index is 13.5. The number of piperazine rings is 1. The minimum atomic E-state index is -0.440. The highest BCUT2D eigenvalue weighted by Gasteiger charge is 2.30. The van der Waals surface area contributed by atoms with Crippen molar-refractivity contribution in [3.63, 3.8) is 0 Å². The van der Waals surface area contributed by atoms with Gasteiger partial charge in [-0.3, -0.25) is 9.48 Å². The molecular formula is C23H28BrN9O. The number of benzene rings is 1. The first kappa shape index (κ1) is 22.7. The van der Waals surface area contributed by atoms with E-state index in [1.807, 2.05) is 50.2 Å². The van der Waals surface area contributed by atoms with Crippen molar-refractivity contribution in [2.45, 2.75) is 19.9 Å². The van der Waals surface area contributed by atoms with Gasteiger partial charge >= 0.3 is 0 Å². The average molecular weight is 526 g/mol. The minimum absolute atomic E-state index is 0.0558. The van der Waals surface area contributed by atoms with E-state index < -0.39 is 6.04 Å². The molecule has 11 heteroatoms. The lowest BCUT2D eigenvalue weighted by Gasteiger charge is -2.35. The van der Waals surface area contributed by atoms with Gasteiger partial charge in [-0.2, -0.15) is 9.61 Å². The van der Waals surface area contributed by atoms with E-state index in [2.05, 4.69) is 38.3 Å². The van der Waals surface area contributed by atoms with Crippen LogP contribution in [0.5, 0.6) is 0 Å². The molecule has 10 nitrogen and oxygen atoms in total. The summed E-state index contributed by atoms with van der Waals surface area (Å²) in [6.45, 7) is 7.28. The molecule has 4 heterocycles. The Kier molecular flexibility index (Phi) is 5.98. The van der Waals surface area contributed by atoms with Gasteiger partial charge in [0, 0.05) is 49.3 Å². The van der Waals surface area contributed by atoms with Gasteiger partial charge in [-0.05, 0) is 41.0 Å². The molecule has 1 aromatic carbocycles. The standard InChI is InChI=1S/C23H28BrN9O/c1-14(2)18(22(34)32-10-8-30(3)9-11-32)26-23-27-19-16(6-5-7-17(19)24)21-28-20(29-33(21)23)15-12-25-31(4)13-15/h5-7,12-14,18H,8-11H2,1-4H3,(H,26,27). The lowest BCUT2D eigenvalue weighted by Crippen LogP contribution is -2.53. The zero-order valence-corrected chi connectivity index (χ0v) is 21.3. The van der Waals surface area contributed by atoms with E-state index in [4.69, 9.17) is 15.1 Å². The Morgan fingerprint density at radius 2 is 1.88 bits per heavy atom. The van der Waals surface area contributed by atoms with Gasteiger partial charge < -0.3 is 15.1 Å². The smallest absolute Gasteiger partial charge is 0.245 e. The molecule has 1 saturated heterocycles. The van der Waals surface area contributed by atoms with Crippen LogP contribution >= 0.6 is 15.9 Å². The summed E-state index contributed by atoms with van der Waals surface area (Å²) in [5, 5.41) is 13.3. The molecule has 1 fully saturated rings. The van der Waals surface area contributed by atoms with Crippen LogP contribution in [0.1, 0.15) is 13.8 Å². The Labute approximate surface area is 206 Å². The molecule has 1 atom stereocenters. The molecule has 0 radical (unpaired) electrons. The van der Waals surface area contributed by atoms with Crippen LogP contribution in [0.3, 0.4) is 0 Å². The Bertz CT molecular complexity index is 1350. The molecule has 1 aliphatic rings. The van der Waals surface area contributed by atoms with Crippen LogP contribution in [0.4, 0.5) is 5.95 Å². The molecule has 0 spiro atoms. The van der Waals surface area contributed by atoms with Crippen molar-refractivity contribution in [3.8, 4) is 11.4 Å². The molecule has 0 aliphatic carbocycles. The molecule has 4 aromatic rings. The van der Waals surface area contributed by atoms with Crippen molar-refractivity contribution >= 4 is 44.3 Å². The Morgan fingerprint density at radius 3 is 2.56 bits per heavy atom. The molecule has 1 unspecified atom stereocenters. The summed E-state index contributed by atoms with van der Waals surface area (Å²) < 4.78 is 4.27. The van der Waals surface area contributed by atoms with Crippen molar-refractivity contribution in [1.29, 1.82) is 0 Å². The van der Waals surface area contributed by atoms with Crippen LogP contribution in [0.2, 0.25) is 0 Å². The maximum absolute atomic E-state index is 13.5. The molecular weight excluding hydrogens is 498 g/mol. The number of halogens is 1. The molecule has 1 aliphatic heterocycles. The number of carbonyl (C=O) groups is 1. The molecule has 5 rings (SSSR count). The van der Waals surface area contributed by atoms with Crippen LogP contribution in [-0.4, -0.2) is 84.3 Å². The third kappa shape index (κ3) is 4.14. The molecule has 34 heavy (non-hydrogen) atoms. The van der Waals surface area contributed by atoms with Gasteiger partial charge in [0.15, 0.2) is 11.5 Å². The fourth-order valence-electron chi connectivity index (χ4n) is 4.23. The van der Waals surface area contributed by atoms with Gasteiger partial charge in [-0.25, -0.2) is 9.97 Å². The average Bonchev–Trinajstić information content (AvgIpc) is 3.44.